The van der Waals surface area contributed by atoms with Crippen LogP contribution in [0.3, 0.4) is 0 Å². The summed E-state index contributed by atoms with van der Waals surface area (Å²) in [6, 6.07) is 1.24. The van der Waals surface area contributed by atoms with Crippen molar-refractivity contribution < 1.29 is 4.74 Å². The smallest absolute Gasteiger partial charge is 0.0622 e. The Morgan fingerprint density at radius 2 is 2.05 bits per heavy atom. The molecule has 2 aliphatic rings. The van der Waals surface area contributed by atoms with Crippen molar-refractivity contribution in [1.29, 1.82) is 0 Å². The highest BCUT2D eigenvalue weighted by Crippen LogP contribution is 2.39. The van der Waals surface area contributed by atoms with E-state index >= 15 is 0 Å². The first-order chi connectivity index (χ1) is 9.15. The second kappa shape index (κ2) is 7.05. The summed E-state index contributed by atoms with van der Waals surface area (Å²) in [6.07, 6.45) is 6.86. The van der Waals surface area contributed by atoms with Crippen LogP contribution in [0.4, 0.5) is 0 Å². The van der Waals surface area contributed by atoms with Gasteiger partial charge in [-0.05, 0) is 24.7 Å². The highest BCUT2D eigenvalue weighted by atomic mass is 16.5. The third-order valence-electron chi connectivity index (χ3n) is 4.91. The second-order valence-electron chi connectivity index (χ2n) is 6.85. The highest BCUT2D eigenvalue weighted by Gasteiger charge is 2.37. The SMILES string of the molecule is CCC1COCCN1CC1(CNC(C)C)CCCC1. The first kappa shape index (κ1) is 15.3. The van der Waals surface area contributed by atoms with Gasteiger partial charge in [-0.25, -0.2) is 0 Å². The fourth-order valence-corrected chi connectivity index (χ4v) is 3.64. The van der Waals surface area contributed by atoms with E-state index < -0.39 is 0 Å². The molecule has 0 amide bonds. The largest absolute Gasteiger partial charge is 0.378 e. The molecule has 1 N–H and O–H groups in total. The van der Waals surface area contributed by atoms with Gasteiger partial charge in [0, 0.05) is 31.7 Å². The third kappa shape index (κ3) is 4.17. The minimum atomic E-state index is 0.523. The number of nitrogens with one attached hydrogen (secondary N) is 1. The van der Waals surface area contributed by atoms with Gasteiger partial charge < -0.3 is 10.1 Å². The van der Waals surface area contributed by atoms with Crippen LogP contribution < -0.4 is 5.32 Å². The summed E-state index contributed by atoms with van der Waals surface area (Å²) in [5.41, 5.74) is 0.523. The maximum Gasteiger partial charge on any atom is 0.0622 e. The van der Waals surface area contributed by atoms with Crippen molar-refractivity contribution in [2.24, 2.45) is 5.41 Å². The highest BCUT2D eigenvalue weighted by molar-refractivity contribution is 4.91. The van der Waals surface area contributed by atoms with Crippen LogP contribution in [0, 0.1) is 5.41 Å². The van der Waals surface area contributed by atoms with Gasteiger partial charge in [0.2, 0.25) is 0 Å². The van der Waals surface area contributed by atoms with Crippen molar-refractivity contribution in [3.63, 3.8) is 0 Å². The van der Waals surface area contributed by atoms with Gasteiger partial charge in [-0.3, -0.25) is 4.90 Å². The molecule has 1 saturated heterocycles. The second-order valence-corrected chi connectivity index (χ2v) is 6.85. The number of hydrogen-bond acceptors (Lipinski definition) is 3. The lowest BCUT2D eigenvalue weighted by Gasteiger charge is -2.42. The molecule has 0 aromatic heterocycles. The minimum Gasteiger partial charge on any atom is -0.378 e. The van der Waals surface area contributed by atoms with Crippen LogP contribution in [0.25, 0.3) is 0 Å². The minimum absolute atomic E-state index is 0.523. The molecule has 0 radical (unpaired) electrons. The van der Waals surface area contributed by atoms with Gasteiger partial charge in [-0.15, -0.1) is 0 Å². The molecule has 1 atom stereocenters. The molecule has 19 heavy (non-hydrogen) atoms. The van der Waals surface area contributed by atoms with E-state index in [0.717, 1.165) is 19.8 Å². The Hall–Kier alpha value is -0.120. The molecule has 0 bridgehead atoms. The van der Waals surface area contributed by atoms with Gasteiger partial charge in [-0.1, -0.05) is 33.6 Å². The molecule has 1 unspecified atom stereocenters. The van der Waals surface area contributed by atoms with Gasteiger partial charge in [0.1, 0.15) is 0 Å². The van der Waals surface area contributed by atoms with Crippen LogP contribution in [0.1, 0.15) is 52.9 Å². The van der Waals surface area contributed by atoms with Crippen molar-refractivity contribution in [3.8, 4) is 0 Å². The predicted octanol–water partition coefficient (Wildman–Crippen LogP) is 2.66. The van der Waals surface area contributed by atoms with E-state index in [0.29, 0.717) is 17.5 Å². The Bertz CT molecular complexity index is 261. The molecule has 1 aliphatic heterocycles. The zero-order valence-electron chi connectivity index (χ0n) is 13.1. The Kier molecular flexibility index (Phi) is 5.67. The molecule has 1 saturated carbocycles. The van der Waals surface area contributed by atoms with Crippen LogP contribution in [-0.2, 0) is 4.74 Å². The Morgan fingerprint density at radius 1 is 1.32 bits per heavy atom. The van der Waals surface area contributed by atoms with E-state index in [1.165, 1.54) is 45.2 Å². The van der Waals surface area contributed by atoms with Crippen LogP contribution in [0.15, 0.2) is 0 Å². The summed E-state index contributed by atoms with van der Waals surface area (Å²) in [7, 11) is 0. The summed E-state index contributed by atoms with van der Waals surface area (Å²) >= 11 is 0. The zero-order chi connectivity index (χ0) is 13.7. The van der Waals surface area contributed by atoms with Gasteiger partial charge in [-0.2, -0.15) is 0 Å². The van der Waals surface area contributed by atoms with Gasteiger partial charge in [0.15, 0.2) is 0 Å². The third-order valence-corrected chi connectivity index (χ3v) is 4.91. The predicted molar refractivity (Wildman–Crippen MR) is 80.5 cm³/mol. The number of nitrogens with zero attached hydrogens (tertiary/aromatic N) is 1. The van der Waals surface area contributed by atoms with Crippen molar-refractivity contribution >= 4 is 0 Å². The molecule has 3 heteroatoms. The van der Waals surface area contributed by atoms with E-state index in [1.807, 2.05) is 0 Å². The quantitative estimate of drug-likeness (QED) is 0.801. The van der Waals surface area contributed by atoms with E-state index in [9.17, 15) is 0 Å². The topological polar surface area (TPSA) is 24.5 Å². The molecule has 0 aromatic rings. The van der Waals surface area contributed by atoms with E-state index in [2.05, 4.69) is 31.0 Å². The van der Waals surface area contributed by atoms with Gasteiger partial charge >= 0.3 is 0 Å². The summed E-state index contributed by atoms with van der Waals surface area (Å²) in [5, 5.41) is 3.69. The lowest BCUT2D eigenvalue weighted by molar-refractivity contribution is -0.0277. The van der Waals surface area contributed by atoms with E-state index in [4.69, 9.17) is 4.74 Å². The first-order valence-electron chi connectivity index (χ1n) is 8.20. The summed E-state index contributed by atoms with van der Waals surface area (Å²) in [4.78, 5) is 2.71. The van der Waals surface area contributed by atoms with Crippen molar-refractivity contribution in [1.82, 2.24) is 10.2 Å². The molecule has 2 rings (SSSR count). The normalized spacial score (nSPS) is 28.1. The molecule has 1 heterocycles. The standard InChI is InChI=1S/C16H32N2O/c1-4-15-11-19-10-9-18(15)13-16(7-5-6-8-16)12-17-14(2)3/h14-15,17H,4-13H2,1-3H3. The average molecular weight is 268 g/mol. The monoisotopic (exact) mass is 268 g/mol. The summed E-state index contributed by atoms with van der Waals surface area (Å²) < 4.78 is 5.64. The summed E-state index contributed by atoms with van der Waals surface area (Å²) in [5.74, 6) is 0. The molecule has 0 spiro atoms. The Balaban J connectivity index is 1.94. The Labute approximate surface area is 119 Å². The summed E-state index contributed by atoms with van der Waals surface area (Å²) in [6.45, 7) is 12.3. The molecule has 1 aliphatic carbocycles. The lowest BCUT2D eigenvalue weighted by Crippen LogP contribution is -2.52. The van der Waals surface area contributed by atoms with Crippen LogP contribution in [0.5, 0.6) is 0 Å². The first-order valence-corrected chi connectivity index (χ1v) is 8.20. The number of morpholine rings is 1. The van der Waals surface area contributed by atoms with E-state index in [-0.39, 0.29) is 0 Å². The fraction of sp³-hybridized carbons (Fsp3) is 1.00. The molecule has 2 fully saturated rings. The number of rotatable bonds is 6. The molecular weight excluding hydrogens is 236 g/mol. The molecule has 112 valence electrons. The van der Waals surface area contributed by atoms with Gasteiger partial charge in [0.25, 0.3) is 0 Å². The number of ether oxygens (including phenoxy) is 1. The maximum absolute atomic E-state index is 5.64. The molecule has 3 nitrogen and oxygen atoms in total. The molecule has 0 aromatic carbocycles. The fourth-order valence-electron chi connectivity index (χ4n) is 3.64. The van der Waals surface area contributed by atoms with Crippen molar-refractivity contribution in [3.05, 3.63) is 0 Å². The Morgan fingerprint density at radius 3 is 2.68 bits per heavy atom. The van der Waals surface area contributed by atoms with Crippen LogP contribution in [0.2, 0.25) is 0 Å². The van der Waals surface area contributed by atoms with Crippen molar-refractivity contribution in [2.45, 2.75) is 65.0 Å². The maximum atomic E-state index is 5.64. The van der Waals surface area contributed by atoms with Crippen LogP contribution in [-0.4, -0.2) is 49.8 Å². The number of hydrogen-bond donors (Lipinski definition) is 1. The molecular formula is C16H32N2O. The zero-order valence-corrected chi connectivity index (χ0v) is 13.1. The van der Waals surface area contributed by atoms with Crippen LogP contribution >= 0.6 is 0 Å². The van der Waals surface area contributed by atoms with Crippen molar-refractivity contribution in [2.75, 3.05) is 32.8 Å². The average Bonchev–Trinajstić information content (AvgIpc) is 2.86. The van der Waals surface area contributed by atoms with E-state index in [1.54, 1.807) is 0 Å². The lowest BCUT2D eigenvalue weighted by atomic mass is 9.84. The van der Waals surface area contributed by atoms with Gasteiger partial charge in [0.05, 0.1) is 13.2 Å².